The lowest BCUT2D eigenvalue weighted by molar-refractivity contribution is -0.127. The van der Waals surface area contributed by atoms with Crippen molar-refractivity contribution in [2.75, 3.05) is 40.3 Å². The highest BCUT2D eigenvalue weighted by molar-refractivity contribution is 7.09. The van der Waals surface area contributed by atoms with Gasteiger partial charge in [-0.3, -0.25) is 4.79 Å². The van der Waals surface area contributed by atoms with Crippen molar-refractivity contribution >= 4 is 23.2 Å². The van der Waals surface area contributed by atoms with Crippen LogP contribution in [0.4, 0.5) is 0 Å². The second kappa shape index (κ2) is 12.8. The van der Waals surface area contributed by atoms with Gasteiger partial charge >= 0.3 is 0 Å². The molecule has 7 heteroatoms. The fourth-order valence-electron chi connectivity index (χ4n) is 3.55. The highest BCUT2D eigenvalue weighted by Crippen LogP contribution is 2.30. The largest absolute Gasteiger partial charge is 0.378 e. The van der Waals surface area contributed by atoms with Crippen molar-refractivity contribution < 1.29 is 9.53 Å². The molecule has 1 unspecified atom stereocenters. The average molecular weight is 409 g/mol. The lowest BCUT2D eigenvalue weighted by Crippen LogP contribution is -2.41. The first-order chi connectivity index (χ1) is 13.6. The topological polar surface area (TPSA) is 66.0 Å². The van der Waals surface area contributed by atoms with Crippen LogP contribution in [0.25, 0.3) is 0 Å². The molecule has 1 saturated carbocycles. The van der Waals surface area contributed by atoms with Gasteiger partial charge in [-0.25, -0.2) is 4.99 Å². The summed E-state index contributed by atoms with van der Waals surface area (Å²) in [4.78, 5) is 19.3. The number of amides is 1. The van der Waals surface area contributed by atoms with Gasteiger partial charge in [0.25, 0.3) is 0 Å². The summed E-state index contributed by atoms with van der Waals surface area (Å²) < 4.78 is 6.01. The van der Waals surface area contributed by atoms with Crippen molar-refractivity contribution in [1.29, 1.82) is 0 Å². The number of nitrogens with zero attached hydrogens (tertiary/aromatic N) is 2. The molecule has 1 amide bonds. The molecule has 0 aliphatic heterocycles. The monoisotopic (exact) mass is 408 g/mol. The van der Waals surface area contributed by atoms with Gasteiger partial charge in [0, 0.05) is 38.7 Å². The maximum Gasteiger partial charge on any atom is 0.243 e. The van der Waals surface area contributed by atoms with E-state index in [0.29, 0.717) is 18.0 Å². The lowest BCUT2D eigenvalue weighted by Gasteiger charge is -2.24. The first kappa shape index (κ1) is 22.7. The summed E-state index contributed by atoms with van der Waals surface area (Å²) in [7, 11) is 3.51. The van der Waals surface area contributed by atoms with E-state index in [1.54, 1.807) is 30.3 Å². The van der Waals surface area contributed by atoms with Gasteiger partial charge in [0.2, 0.25) is 5.91 Å². The maximum atomic E-state index is 11.9. The number of hydrogen-bond acceptors (Lipinski definition) is 4. The first-order valence-corrected chi connectivity index (χ1v) is 11.3. The van der Waals surface area contributed by atoms with E-state index < -0.39 is 0 Å². The standard InChI is InChI=1S/C21H36N4O2S/c1-4-27-19(17-8-5-6-9-17)12-14-23-21(24-16-20(26)25(2)3)22-13-11-18-10-7-15-28-18/h7,10,15,17,19H,4-6,8-9,11-14,16H2,1-3H3,(H2,22,23,24). The summed E-state index contributed by atoms with van der Waals surface area (Å²) >= 11 is 1.76. The summed E-state index contributed by atoms with van der Waals surface area (Å²) in [6.07, 6.45) is 7.44. The molecule has 158 valence electrons. The van der Waals surface area contributed by atoms with Crippen LogP contribution in [-0.2, 0) is 16.0 Å². The number of hydrogen-bond donors (Lipinski definition) is 2. The minimum absolute atomic E-state index is 0.00231. The highest BCUT2D eigenvalue weighted by atomic mass is 32.1. The van der Waals surface area contributed by atoms with Gasteiger partial charge in [-0.1, -0.05) is 18.9 Å². The molecule has 0 saturated heterocycles. The molecule has 1 aromatic heterocycles. The van der Waals surface area contributed by atoms with E-state index in [2.05, 4.69) is 40.1 Å². The zero-order chi connectivity index (χ0) is 20.2. The number of nitrogens with one attached hydrogen (secondary N) is 2. The third-order valence-electron chi connectivity index (χ3n) is 5.14. The van der Waals surface area contributed by atoms with Crippen LogP contribution in [0.1, 0.15) is 43.9 Å². The van der Waals surface area contributed by atoms with Gasteiger partial charge in [0.1, 0.15) is 6.54 Å². The van der Waals surface area contributed by atoms with E-state index in [0.717, 1.165) is 32.5 Å². The SMILES string of the molecule is CCOC(CCNC(=NCC(=O)N(C)C)NCCc1cccs1)C1CCCC1. The maximum absolute atomic E-state index is 11.9. The molecule has 1 atom stereocenters. The van der Waals surface area contributed by atoms with Crippen molar-refractivity contribution in [3.05, 3.63) is 22.4 Å². The zero-order valence-corrected chi connectivity index (χ0v) is 18.4. The van der Waals surface area contributed by atoms with E-state index >= 15 is 0 Å². The molecule has 1 fully saturated rings. The number of carbonyl (C=O) groups excluding carboxylic acids is 1. The Morgan fingerprint density at radius 3 is 2.71 bits per heavy atom. The van der Waals surface area contributed by atoms with Crippen molar-refractivity contribution in [2.24, 2.45) is 10.9 Å². The number of guanidine groups is 1. The predicted octanol–water partition coefficient (Wildman–Crippen LogP) is 2.90. The van der Waals surface area contributed by atoms with Crippen LogP contribution in [0.2, 0.25) is 0 Å². The van der Waals surface area contributed by atoms with Gasteiger partial charge in [-0.2, -0.15) is 0 Å². The molecule has 0 spiro atoms. The van der Waals surface area contributed by atoms with Crippen molar-refractivity contribution in [3.8, 4) is 0 Å². The minimum Gasteiger partial charge on any atom is -0.378 e. The first-order valence-electron chi connectivity index (χ1n) is 10.5. The summed E-state index contributed by atoms with van der Waals surface area (Å²) in [6.45, 7) is 4.57. The fraction of sp³-hybridized carbons (Fsp3) is 0.714. The molecule has 2 N–H and O–H groups in total. The smallest absolute Gasteiger partial charge is 0.243 e. The van der Waals surface area contributed by atoms with Crippen LogP contribution < -0.4 is 10.6 Å². The summed E-state index contributed by atoms with van der Waals surface area (Å²) in [5, 5.41) is 8.85. The van der Waals surface area contributed by atoms with E-state index in [4.69, 9.17) is 4.74 Å². The number of aliphatic imine (C=N–C) groups is 1. The van der Waals surface area contributed by atoms with E-state index in [1.165, 1.54) is 30.6 Å². The lowest BCUT2D eigenvalue weighted by atomic mass is 9.98. The molecule has 6 nitrogen and oxygen atoms in total. The number of thiophene rings is 1. The third kappa shape index (κ3) is 8.19. The second-order valence-corrected chi connectivity index (χ2v) is 8.50. The predicted molar refractivity (Wildman–Crippen MR) is 117 cm³/mol. The van der Waals surface area contributed by atoms with Gasteiger partial charge < -0.3 is 20.3 Å². The second-order valence-electron chi connectivity index (χ2n) is 7.46. The molecule has 1 heterocycles. The van der Waals surface area contributed by atoms with Crippen LogP contribution in [0.15, 0.2) is 22.5 Å². The van der Waals surface area contributed by atoms with Crippen LogP contribution in [0, 0.1) is 5.92 Å². The van der Waals surface area contributed by atoms with Crippen LogP contribution in [0.3, 0.4) is 0 Å². The van der Waals surface area contributed by atoms with Crippen LogP contribution >= 0.6 is 11.3 Å². The molecule has 1 aromatic rings. The van der Waals surface area contributed by atoms with Gasteiger partial charge in [0.05, 0.1) is 6.10 Å². The molecule has 0 bridgehead atoms. The fourth-order valence-corrected chi connectivity index (χ4v) is 4.26. The summed E-state index contributed by atoms with van der Waals surface area (Å²) in [5.41, 5.74) is 0. The minimum atomic E-state index is -0.00231. The molecule has 1 aliphatic rings. The molecule has 0 radical (unpaired) electrons. The van der Waals surface area contributed by atoms with Crippen molar-refractivity contribution in [2.45, 2.75) is 51.6 Å². The Hall–Kier alpha value is -1.60. The average Bonchev–Trinajstić information content (AvgIpc) is 3.38. The number of carbonyl (C=O) groups is 1. The number of rotatable bonds is 11. The molecular weight excluding hydrogens is 372 g/mol. The van der Waals surface area contributed by atoms with Gasteiger partial charge in [0.15, 0.2) is 5.96 Å². The molecule has 2 rings (SSSR count). The summed E-state index contributed by atoms with van der Waals surface area (Å²) in [6, 6.07) is 4.21. The number of ether oxygens (including phenoxy) is 1. The third-order valence-corrected chi connectivity index (χ3v) is 6.08. The van der Waals surface area contributed by atoms with E-state index in [-0.39, 0.29) is 12.5 Å². The summed E-state index contributed by atoms with van der Waals surface area (Å²) in [5.74, 6) is 1.38. The normalized spacial score (nSPS) is 16.2. The Morgan fingerprint density at radius 2 is 2.07 bits per heavy atom. The van der Waals surface area contributed by atoms with Crippen LogP contribution in [-0.4, -0.2) is 63.2 Å². The van der Waals surface area contributed by atoms with E-state index in [9.17, 15) is 4.79 Å². The molecular formula is C21H36N4O2S. The Morgan fingerprint density at radius 1 is 1.32 bits per heavy atom. The molecule has 0 aromatic carbocycles. The van der Waals surface area contributed by atoms with Crippen LogP contribution in [0.5, 0.6) is 0 Å². The molecule has 1 aliphatic carbocycles. The Balaban J connectivity index is 1.83. The van der Waals surface area contributed by atoms with Gasteiger partial charge in [-0.15, -0.1) is 11.3 Å². The van der Waals surface area contributed by atoms with Crippen molar-refractivity contribution in [3.63, 3.8) is 0 Å². The quantitative estimate of drug-likeness (QED) is 0.436. The zero-order valence-electron chi connectivity index (χ0n) is 17.6. The molecule has 28 heavy (non-hydrogen) atoms. The van der Waals surface area contributed by atoms with E-state index in [1.807, 2.05) is 0 Å². The number of likely N-dealkylation sites (N-methyl/N-ethyl adjacent to an activating group) is 1. The van der Waals surface area contributed by atoms with Gasteiger partial charge in [-0.05, 0) is 50.0 Å². The Bertz CT molecular complexity index is 583. The highest BCUT2D eigenvalue weighted by Gasteiger charge is 2.25. The Kier molecular flexibility index (Phi) is 10.4. The Labute approximate surface area is 173 Å². The van der Waals surface area contributed by atoms with Crippen molar-refractivity contribution in [1.82, 2.24) is 15.5 Å².